The number of para-hydroxylation sites is 1. The Kier molecular flexibility index (Phi) is 5.88. The van der Waals surface area contributed by atoms with Crippen molar-refractivity contribution in [1.29, 1.82) is 0 Å². The van der Waals surface area contributed by atoms with Crippen LogP contribution in [-0.2, 0) is 6.42 Å². The number of methoxy groups -OCH3 is 1. The van der Waals surface area contributed by atoms with E-state index in [2.05, 4.69) is 70.5 Å². The lowest BCUT2D eigenvalue weighted by Gasteiger charge is -2.34. The molecule has 4 aromatic rings. The molecule has 0 atom stereocenters. The molecule has 0 bridgehead atoms. The molecule has 5 rings (SSSR count). The van der Waals surface area contributed by atoms with Crippen molar-refractivity contribution in [3.63, 3.8) is 0 Å². The molecule has 0 saturated carbocycles. The van der Waals surface area contributed by atoms with Crippen LogP contribution in [0.3, 0.4) is 0 Å². The van der Waals surface area contributed by atoms with Crippen LogP contribution >= 0.6 is 0 Å². The topological polar surface area (TPSA) is 57.9 Å². The number of benzene rings is 2. The maximum Gasteiger partial charge on any atom is 0.245 e. The third-order valence-corrected chi connectivity index (χ3v) is 6.36. The van der Waals surface area contributed by atoms with Gasteiger partial charge in [-0.3, -0.25) is 0 Å². The van der Waals surface area contributed by atoms with E-state index in [0.29, 0.717) is 5.95 Å². The molecule has 2 aromatic carbocycles. The fourth-order valence-corrected chi connectivity index (χ4v) is 4.39. The van der Waals surface area contributed by atoms with Crippen LogP contribution in [0.5, 0.6) is 5.75 Å². The molecule has 3 heterocycles. The summed E-state index contributed by atoms with van der Waals surface area (Å²) in [5, 5.41) is 8.20. The van der Waals surface area contributed by atoms with Gasteiger partial charge in [-0.05, 0) is 61.5 Å². The summed E-state index contributed by atoms with van der Waals surface area (Å²) < 4.78 is 7.57. The number of likely N-dealkylation sites (N-methyl/N-ethyl adjacent to an activating group) is 1. The average molecular weight is 443 g/mol. The summed E-state index contributed by atoms with van der Waals surface area (Å²) in [5.41, 5.74) is 6.44. The van der Waals surface area contributed by atoms with E-state index in [9.17, 15) is 0 Å². The van der Waals surface area contributed by atoms with Crippen molar-refractivity contribution in [1.82, 2.24) is 19.5 Å². The Balaban J connectivity index is 1.43. The van der Waals surface area contributed by atoms with Crippen molar-refractivity contribution < 1.29 is 4.74 Å². The first-order valence-electron chi connectivity index (χ1n) is 11.5. The molecule has 2 aromatic heterocycles. The number of ether oxygens (including phenoxy) is 1. The lowest BCUT2D eigenvalue weighted by Crippen LogP contribution is -2.44. The average Bonchev–Trinajstić information content (AvgIpc) is 3.23. The smallest absolute Gasteiger partial charge is 0.245 e. The molecular formula is C26H30N6O. The van der Waals surface area contributed by atoms with Gasteiger partial charge in [-0.25, -0.2) is 9.50 Å². The quantitative estimate of drug-likeness (QED) is 0.476. The van der Waals surface area contributed by atoms with E-state index in [0.717, 1.165) is 60.8 Å². The Morgan fingerprint density at radius 2 is 1.76 bits per heavy atom. The van der Waals surface area contributed by atoms with Gasteiger partial charge in [0, 0.05) is 43.1 Å². The Morgan fingerprint density at radius 3 is 2.48 bits per heavy atom. The zero-order valence-corrected chi connectivity index (χ0v) is 19.5. The summed E-state index contributed by atoms with van der Waals surface area (Å²) in [5.74, 6) is 1.39. The van der Waals surface area contributed by atoms with Crippen LogP contribution in [-0.4, -0.2) is 59.8 Å². The number of hydrogen-bond acceptors (Lipinski definition) is 6. The Labute approximate surface area is 194 Å². The minimum absolute atomic E-state index is 0.559. The molecule has 170 valence electrons. The predicted octanol–water partition coefficient (Wildman–Crippen LogP) is 4.46. The van der Waals surface area contributed by atoms with Crippen molar-refractivity contribution in [2.75, 3.05) is 50.6 Å². The number of rotatable bonds is 6. The van der Waals surface area contributed by atoms with Crippen LogP contribution in [0, 0.1) is 0 Å². The third kappa shape index (κ3) is 4.24. The summed E-state index contributed by atoms with van der Waals surface area (Å²) in [6, 6.07) is 18.7. The van der Waals surface area contributed by atoms with Crippen LogP contribution in [0.25, 0.3) is 16.8 Å². The summed E-state index contributed by atoms with van der Waals surface area (Å²) in [6.07, 6.45) is 2.80. The largest absolute Gasteiger partial charge is 0.496 e. The lowest BCUT2D eigenvalue weighted by molar-refractivity contribution is 0.313. The highest BCUT2D eigenvalue weighted by Gasteiger charge is 2.16. The van der Waals surface area contributed by atoms with Gasteiger partial charge < -0.3 is 19.9 Å². The Hall–Kier alpha value is -3.58. The van der Waals surface area contributed by atoms with Gasteiger partial charge in [-0.15, -0.1) is 5.10 Å². The molecule has 0 unspecified atom stereocenters. The first kappa shape index (κ1) is 21.3. The second-order valence-electron chi connectivity index (χ2n) is 8.45. The fraction of sp³-hybridized carbons (Fsp3) is 0.308. The predicted molar refractivity (Wildman–Crippen MR) is 134 cm³/mol. The van der Waals surface area contributed by atoms with E-state index in [4.69, 9.17) is 9.84 Å². The van der Waals surface area contributed by atoms with Crippen molar-refractivity contribution >= 4 is 22.8 Å². The summed E-state index contributed by atoms with van der Waals surface area (Å²) >= 11 is 0. The second-order valence-corrected chi connectivity index (χ2v) is 8.45. The number of nitrogens with one attached hydrogen (secondary N) is 1. The van der Waals surface area contributed by atoms with Crippen LogP contribution in [0.2, 0.25) is 0 Å². The number of aromatic nitrogens is 3. The van der Waals surface area contributed by atoms with E-state index in [-0.39, 0.29) is 0 Å². The van der Waals surface area contributed by atoms with Crippen molar-refractivity contribution in [3.8, 4) is 17.0 Å². The van der Waals surface area contributed by atoms with E-state index in [1.54, 1.807) is 7.11 Å². The second kappa shape index (κ2) is 9.11. The standard InChI is InChI=1S/C26H30N6O/c1-4-19-17-23(22-7-5-6-8-25(22)33-3)32-24(19)18-27-26(29-32)28-20-9-11-21(12-10-20)31-15-13-30(2)14-16-31/h5-12,17-18H,4,13-16H2,1-3H3,(H,28,29). The van der Waals surface area contributed by atoms with Gasteiger partial charge in [0.05, 0.1) is 24.5 Å². The van der Waals surface area contributed by atoms with Crippen molar-refractivity contribution in [3.05, 3.63) is 66.4 Å². The maximum atomic E-state index is 5.61. The Bertz CT molecular complexity index is 1240. The zero-order chi connectivity index (χ0) is 22.8. The SMILES string of the molecule is CCc1cc(-c2ccccc2OC)n2nc(Nc3ccc(N4CCN(C)CC4)cc3)ncc12. The van der Waals surface area contributed by atoms with E-state index >= 15 is 0 Å². The molecule has 7 heteroatoms. The number of nitrogens with zero attached hydrogens (tertiary/aromatic N) is 5. The Morgan fingerprint density at radius 1 is 1.00 bits per heavy atom. The van der Waals surface area contributed by atoms with Gasteiger partial charge in [0.25, 0.3) is 0 Å². The van der Waals surface area contributed by atoms with Gasteiger partial charge in [0.15, 0.2) is 0 Å². The highest BCUT2D eigenvalue weighted by atomic mass is 16.5. The van der Waals surface area contributed by atoms with Gasteiger partial charge in [0.2, 0.25) is 5.95 Å². The third-order valence-electron chi connectivity index (χ3n) is 6.36. The first-order chi connectivity index (χ1) is 16.2. The number of piperazine rings is 1. The van der Waals surface area contributed by atoms with Crippen LogP contribution < -0.4 is 15.0 Å². The summed E-state index contributed by atoms with van der Waals surface area (Å²) in [4.78, 5) is 9.38. The zero-order valence-electron chi connectivity index (χ0n) is 19.5. The summed E-state index contributed by atoms with van der Waals surface area (Å²) in [7, 11) is 3.87. The van der Waals surface area contributed by atoms with E-state index in [1.807, 2.05) is 28.9 Å². The highest BCUT2D eigenvalue weighted by Crippen LogP contribution is 2.33. The van der Waals surface area contributed by atoms with Gasteiger partial charge in [-0.1, -0.05) is 19.1 Å². The molecule has 33 heavy (non-hydrogen) atoms. The molecule has 0 aliphatic carbocycles. The molecule has 1 aliphatic heterocycles. The normalized spacial score (nSPS) is 14.6. The van der Waals surface area contributed by atoms with Gasteiger partial charge in [-0.2, -0.15) is 0 Å². The van der Waals surface area contributed by atoms with Gasteiger partial charge >= 0.3 is 0 Å². The molecule has 1 saturated heterocycles. The summed E-state index contributed by atoms with van der Waals surface area (Å²) in [6.45, 7) is 6.46. The molecule has 7 nitrogen and oxygen atoms in total. The monoisotopic (exact) mass is 442 g/mol. The maximum absolute atomic E-state index is 5.61. The lowest BCUT2D eigenvalue weighted by atomic mass is 10.1. The number of aryl methyl sites for hydroxylation is 1. The fourth-order valence-electron chi connectivity index (χ4n) is 4.39. The first-order valence-corrected chi connectivity index (χ1v) is 11.5. The molecule has 0 radical (unpaired) electrons. The molecule has 0 amide bonds. The van der Waals surface area contributed by atoms with E-state index < -0.39 is 0 Å². The highest BCUT2D eigenvalue weighted by molar-refractivity contribution is 5.74. The minimum atomic E-state index is 0.559. The van der Waals surface area contributed by atoms with E-state index in [1.165, 1.54) is 11.3 Å². The number of anilines is 3. The van der Waals surface area contributed by atoms with Crippen LogP contribution in [0.1, 0.15) is 12.5 Å². The van der Waals surface area contributed by atoms with Crippen LogP contribution in [0.15, 0.2) is 60.8 Å². The molecule has 1 aliphatic rings. The van der Waals surface area contributed by atoms with Crippen molar-refractivity contribution in [2.45, 2.75) is 13.3 Å². The number of hydrogen-bond donors (Lipinski definition) is 1. The van der Waals surface area contributed by atoms with Crippen LogP contribution in [0.4, 0.5) is 17.3 Å². The molecule has 0 spiro atoms. The van der Waals surface area contributed by atoms with Gasteiger partial charge in [0.1, 0.15) is 5.75 Å². The number of fused-ring (bicyclic) bond motifs is 1. The minimum Gasteiger partial charge on any atom is -0.496 e. The van der Waals surface area contributed by atoms with Crippen molar-refractivity contribution in [2.24, 2.45) is 0 Å². The molecular weight excluding hydrogens is 412 g/mol. The molecule has 1 N–H and O–H groups in total. The molecule has 1 fully saturated rings.